The third-order valence-electron chi connectivity index (χ3n) is 4.62. The summed E-state index contributed by atoms with van der Waals surface area (Å²) in [7, 11) is 0. The van der Waals surface area contributed by atoms with Crippen molar-refractivity contribution >= 4 is 34.3 Å². The van der Waals surface area contributed by atoms with E-state index < -0.39 is 0 Å². The van der Waals surface area contributed by atoms with Gasteiger partial charge in [-0.25, -0.2) is 9.37 Å². The Morgan fingerprint density at radius 1 is 1.03 bits per heavy atom. The van der Waals surface area contributed by atoms with Gasteiger partial charge in [-0.1, -0.05) is 47.6 Å². The molecule has 6 heteroatoms. The molecule has 0 amide bonds. The van der Waals surface area contributed by atoms with Crippen LogP contribution in [0.4, 0.5) is 4.39 Å². The lowest BCUT2D eigenvalue weighted by molar-refractivity contribution is 0.617. The van der Waals surface area contributed by atoms with Crippen LogP contribution in [0.1, 0.15) is 16.7 Å². The van der Waals surface area contributed by atoms with Crippen LogP contribution in [-0.4, -0.2) is 9.55 Å². The molecule has 29 heavy (non-hydrogen) atoms. The number of benzene rings is 3. The fourth-order valence-electron chi connectivity index (χ4n) is 3.32. The van der Waals surface area contributed by atoms with Crippen LogP contribution in [0.3, 0.4) is 0 Å². The van der Waals surface area contributed by atoms with Gasteiger partial charge in [0.25, 0.3) is 5.56 Å². The van der Waals surface area contributed by atoms with E-state index in [9.17, 15) is 9.18 Å². The van der Waals surface area contributed by atoms with Crippen LogP contribution in [-0.2, 0) is 5.75 Å². The Hall–Kier alpha value is -2.63. The summed E-state index contributed by atoms with van der Waals surface area (Å²) in [5, 5.41) is 1.40. The Morgan fingerprint density at radius 3 is 2.48 bits per heavy atom. The van der Waals surface area contributed by atoms with Crippen molar-refractivity contribution in [2.75, 3.05) is 0 Å². The molecule has 0 saturated carbocycles. The van der Waals surface area contributed by atoms with E-state index in [1.807, 2.05) is 44.2 Å². The molecule has 0 aliphatic rings. The van der Waals surface area contributed by atoms with E-state index in [2.05, 4.69) is 6.07 Å². The molecule has 0 aliphatic heterocycles. The number of fused-ring (bicyclic) bond motifs is 1. The average molecular weight is 425 g/mol. The second-order valence-corrected chi connectivity index (χ2v) is 8.24. The number of thioether (sulfide) groups is 1. The van der Waals surface area contributed by atoms with Gasteiger partial charge in [0.1, 0.15) is 5.82 Å². The van der Waals surface area contributed by atoms with Crippen molar-refractivity contribution in [2.24, 2.45) is 0 Å². The molecular weight excluding hydrogens is 407 g/mol. The van der Waals surface area contributed by atoms with Gasteiger partial charge in [0.2, 0.25) is 0 Å². The molecular formula is C23H18ClFN2OS. The van der Waals surface area contributed by atoms with Crippen LogP contribution in [0.2, 0.25) is 5.02 Å². The van der Waals surface area contributed by atoms with Crippen molar-refractivity contribution < 1.29 is 4.39 Å². The zero-order valence-corrected chi connectivity index (χ0v) is 17.5. The number of aryl methyl sites for hydroxylation is 2. The molecule has 3 aromatic carbocycles. The fraction of sp³-hybridized carbons (Fsp3) is 0.130. The Kier molecular flexibility index (Phi) is 5.43. The third-order valence-corrected chi connectivity index (χ3v) is 5.94. The minimum atomic E-state index is -0.369. The maximum absolute atomic E-state index is 14.2. The highest BCUT2D eigenvalue weighted by atomic mass is 35.5. The largest absolute Gasteiger partial charge is 0.268 e. The topological polar surface area (TPSA) is 34.9 Å². The molecule has 0 spiro atoms. The molecule has 1 aromatic heterocycles. The molecule has 0 saturated heterocycles. The second-order valence-electron chi connectivity index (χ2n) is 6.89. The highest BCUT2D eigenvalue weighted by Gasteiger charge is 2.16. The van der Waals surface area contributed by atoms with E-state index >= 15 is 0 Å². The Labute approximate surface area is 177 Å². The molecule has 0 radical (unpaired) electrons. The predicted molar refractivity (Wildman–Crippen MR) is 118 cm³/mol. The normalized spacial score (nSPS) is 11.2. The SMILES string of the molecule is Cc1cc(C)cc(-n2c(SCc3c(F)cccc3Cl)nc3ccccc3c2=O)c1. The van der Waals surface area contributed by atoms with E-state index in [4.69, 9.17) is 16.6 Å². The van der Waals surface area contributed by atoms with Crippen molar-refractivity contribution in [2.45, 2.75) is 24.8 Å². The van der Waals surface area contributed by atoms with E-state index in [0.29, 0.717) is 26.6 Å². The van der Waals surface area contributed by atoms with Gasteiger partial charge in [-0.3, -0.25) is 9.36 Å². The summed E-state index contributed by atoms with van der Waals surface area (Å²) < 4.78 is 15.8. The smallest absolute Gasteiger partial charge is 0.266 e. The quantitative estimate of drug-likeness (QED) is 0.294. The highest BCUT2D eigenvalue weighted by Crippen LogP contribution is 2.29. The van der Waals surface area contributed by atoms with E-state index in [1.165, 1.54) is 17.8 Å². The summed E-state index contributed by atoms with van der Waals surface area (Å²) in [6, 6.07) is 17.8. The van der Waals surface area contributed by atoms with Crippen molar-refractivity contribution in [3.05, 3.63) is 98.5 Å². The molecule has 4 aromatic rings. The lowest BCUT2D eigenvalue weighted by Gasteiger charge is -2.15. The first kappa shape index (κ1) is 19.7. The average Bonchev–Trinajstić information content (AvgIpc) is 2.67. The Morgan fingerprint density at radius 2 is 1.76 bits per heavy atom. The lowest BCUT2D eigenvalue weighted by Crippen LogP contribution is -2.22. The molecule has 0 unspecified atom stereocenters. The second kappa shape index (κ2) is 8.01. The summed E-state index contributed by atoms with van der Waals surface area (Å²) >= 11 is 7.47. The highest BCUT2D eigenvalue weighted by molar-refractivity contribution is 7.98. The van der Waals surface area contributed by atoms with Crippen molar-refractivity contribution in [1.29, 1.82) is 0 Å². The van der Waals surface area contributed by atoms with E-state index in [1.54, 1.807) is 22.8 Å². The molecule has 0 atom stereocenters. The van der Waals surface area contributed by atoms with Gasteiger partial charge in [-0.15, -0.1) is 0 Å². The summed E-state index contributed by atoms with van der Waals surface area (Å²) in [6.07, 6.45) is 0. The fourth-order valence-corrected chi connectivity index (χ4v) is 4.68. The number of hydrogen-bond donors (Lipinski definition) is 0. The minimum Gasteiger partial charge on any atom is -0.268 e. The Balaban J connectivity index is 1.89. The third kappa shape index (κ3) is 3.93. The molecule has 4 rings (SSSR count). The summed E-state index contributed by atoms with van der Waals surface area (Å²) in [4.78, 5) is 18.0. The number of aromatic nitrogens is 2. The summed E-state index contributed by atoms with van der Waals surface area (Å²) in [5.74, 6) is -0.104. The zero-order chi connectivity index (χ0) is 20.5. The van der Waals surface area contributed by atoms with Crippen LogP contribution in [0.25, 0.3) is 16.6 Å². The zero-order valence-electron chi connectivity index (χ0n) is 15.9. The standard InChI is InChI=1S/C23H18ClFN2OS/c1-14-10-15(2)12-16(11-14)27-22(28)17-6-3-4-9-21(17)26-23(27)29-13-18-19(24)7-5-8-20(18)25/h3-12H,13H2,1-2H3. The van der Waals surface area contributed by atoms with E-state index in [0.717, 1.165) is 16.8 Å². The first-order chi connectivity index (χ1) is 13.9. The molecule has 0 bridgehead atoms. The van der Waals surface area contributed by atoms with Gasteiger partial charge in [0, 0.05) is 16.3 Å². The summed E-state index contributed by atoms with van der Waals surface area (Å²) in [6.45, 7) is 3.98. The van der Waals surface area contributed by atoms with Crippen molar-refractivity contribution in [3.63, 3.8) is 0 Å². The number of para-hydroxylation sites is 1. The van der Waals surface area contributed by atoms with Gasteiger partial charge < -0.3 is 0 Å². The molecule has 3 nitrogen and oxygen atoms in total. The molecule has 0 N–H and O–H groups in total. The summed E-state index contributed by atoms with van der Waals surface area (Å²) in [5.41, 5.74) is 3.70. The number of rotatable bonds is 4. The van der Waals surface area contributed by atoms with Gasteiger partial charge >= 0.3 is 0 Å². The van der Waals surface area contributed by atoms with Gasteiger partial charge in [0.05, 0.1) is 16.6 Å². The van der Waals surface area contributed by atoms with Crippen molar-refractivity contribution in [1.82, 2.24) is 9.55 Å². The minimum absolute atomic E-state index is 0.150. The molecule has 0 aliphatic carbocycles. The van der Waals surface area contributed by atoms with Crippen LogP contribution in [0.15, 0.2) is 70.6 Å². The van der Waals surface area contributed by atoms with E-state index in [-0.39, 0.29) is 17.1 Å². The van der Waals surface area contributed by atoms with Gasteiger partial charge in [-0.05, 0) is 61.4 Å². The number of hydrogen-bond acceptors (Lipinski definition) is 3. The maximum atomic E-state index is 14.2. The molecule has 1 heterocycles. The molecule has 146 valence electrons. The monoisotopic (exact) mass is 424 g/mol. The first-order valence-corrected chi connectivity index (χ1v) is 10.5. The lowest BCUT2D eigenvalue weighted by atomic mass is 10.1. The number of nitrogens with zero attached hydrogens (tertiary/aromatic N) is 2. The Bertz CT molecular complexity index is 1250. The van der Waals surface area contributed by atoms with Gasteiger partial charge in [0.15, 0.2) is 5.16 Å². The van der Waals surface area contributed by atoms with Crippen LogP contribution in [0.5, 0.6) is 0 Å². The van der Waals surface area contributed by atoms with Gasteiger partial charge in [-0.2, -0.15) is 0 Å². The first-order valence-electron chi connectivity index (χ1n) is 9.10. The molecule has 0 fully saturated rings. The number of halogens is 2. The van der Waals surface area contributed by atoms with Crippen molar-refractivity contribution in [3.8, 4) is 5.69 Å². The van der Waals surface area contributed by atoms with Crippen LogP contribution in [0, 0.1) is 19.7 Å². The van der Waals surface area contributed by atoms with Crippen LogP contribution < -0.4 is 5.56 Å². The van der Waals surface area contributed by atoms with Crippen LogP contribution >= 0.6 is 23.4 Å². The maximum Gasteiger partial charge on any atom is 0.266 e. The predicted octanol–water partition coefficient (Wildman–Crippen LogP) is 6.09.